The van der Waals surface area contributed by atoms with Gasteiger partial charge in [0.25, 0.3) is 0 Å². The first-order valence-electron chi connectivity index (χ1n) is 5.76. The van der Waals surface area contributed by atoms with Gasteiger partial charge in [-0.3, -0.25) is 0 Å². The van der Waals surface area contributed by atoms with Crippen molar-refractivity contribution in [1.82, 2.24) is 4.98 Å². The van der Waals surface area contributed by atoms with E-state index in [-0.39, 0.29) is 10.7 Å². The zero-order chi connectivity index (χ0) is 12.4. The molecule has 92 valence electrons. The summed E-state index contributed by atoms with van der Waals surface area (Å²) in [6.07, 6.45) is 2.27. The maximum Gasteiger partial charge on any atom is 0.335 e. The molecule has 0 spiro atoms. The Morgan fingerprint density at radius 2 is 2.41 bits per heavy atom. The van der Waals surface area contributed by atoms with Crippen LogP contribution in [0.4, 0.5) is 5.82 Å². The lowest BCUT2D eigenvalue weighted by atomic mass is 10.1. The van der Waals surface area contributed by atoms with Crippen LogP contribution in [0.2, 0.25) is 5.15 Å². The van der Waals surface area contributed by atoms with Gasteiger partial charge in [0.1, 0.15) is 11.0 Å². The Morgan fingerprint density at radius 3 is 3.00 bits per heavy atom. The molecule has 1 aliphatic rings. The number of nitrogens with zero attached hydrogens (tertiary/aromatic N) is 2. The second-order valence-electron chi connectivity index (χ2n) is 4.35. The molecule has 17 heavy (non-hydrogen) atoms. The molecule has 1 aliphatic heterocycles. The van der Waals surface area contributed by atoms with Gasteiger partial charge in [0.2, 0.25) is 0 Å². The van der Waals surface area contributed by atoms with Crippen LogP contribution >= 0.6 is 11.6 Å². The molecule has 0 radical (unpaired) electrons. The van der Waals surface area contributed by atoms with Crippen molar-refractivity contribution in [1.29, 1.82) is 0 Å². The zero-order valence-corrected chi connectivity index (χ0v) is 10.4. The van der Waals surface area contributed by atoms with E-state index in [0.29, 0.717) is 11.7 Å². The van der Waals surface area contributed by atoms with Gasteiger partial charge in [-0.05, 0) is 24.5 Å². The van der Waals surface area contributed by atoms with Crippen LogP contribution in [0.1, 0.15) is 30.1 Å². The van der Waals surface area contributed by atoms with Crippen LogP contribution in [-0.4, -0.2) is 29.1 Å². The number of aromatic carboxylic acids is 1. The second-order valence-corrected chi connectivity index (χ2v) is 4.74. The molecule has 4 nitrogen and oxygen atoms in total. The molecule has 1 saturated heterocycles. The molecule has 1 fully saturated rings. The first-order valence-corrected chi connectivity index (χ1v) is 6.13. The molecular formula is C12H15ClN2O2. The molecule has 0 amide bonds. The monoisotopic (exact) mass is 254 g/mol. The van der Waals surface area contributed by atoms with Crippen LogP contribution in [0.25, 0.3) is 0 Å². The Morgan fingerprint density at radius 1 is 1.65 bits per heavy atom. The van der Waals surface area contributed by atoms with E-state index in [9.17, 15) is 4.79 Å². The third kappa shape index (κ3) is 2.69. The molecule has 1 N–H and O–H groups in total. The summed E-state index contributed by atoms with van der Waals surface area (Å²) >= 11 is 5.84. The zero-order valence-electron chi connectivity index (χ0n) is 9.69. The first kappa shape index (κ1) is 12.2. The summed E-state index contributed by atoms with van der Waals surface area (Å²) < 4.78 is 0. The van der Waals surface area contributed by atoms with E-state index in [1.54, 1.807) is 6.07 Å². The number of hydrogen-bond acceptors (Lipinski definition) is 3. The lowest BCUT2D eigenvalue weighted by Crippen LogP contribution is -2.21. The van der Waals surface area contributed by atoms with E-state index in [1.807, 2.05) is 0 Å². The quantitative estimate of drug-likeness (QED) is 0.843. The van der Waals surface area contributed by atoms with E-state index in [1.165, 1.54) is 6.07 Å². The van der Waals surface area contributed by atoms with Gasteiger partial charge < -0.3 is 10.0 Å². The van der Waals surface area contributed by atoms with Crippen molar-refractivity contribution in [3.8, 4) is 0 Å². The van der Waals surface area contributed by atoms with E-state index < -0.39 is 5.97 Å². The highest BCUT2D eigenvalue weighted by Gasteiger charge is 2.23. The van der Waals surface area contributed by atoms with Crippen LogP contribution in [0.5, 0.6) is 0 Å². The first-order chi connectivity index (χ1) is 8.10. The second kappa shape index (κ2) is 4.92. The van der Waals surface area contributed by atoms with E-state index >= 15 is 0 Å². The summed E-state index contributed by atoms with van der Waals surface area (Å²) in [4.78, 5) is 17.2. The number of carboxylic acids is 1. The van der Waals surface area contributed by atoms with Crippen molar-refractivity contribution in [2.45, 2.75) is 19.8 Å². The highest BCUT2D eigenvalue weighted by Crippen LogP contribution is 2.26. The number of rotatable bonds is 3. The number of pyridine rings is 1. The van der Waals surface area contributed by atoms with Gasteiger partial charge in [0, 0.05) is 13.1 Å². The smallest absolute Gasteiger partial charge is 0.335 e. The maximum atomic E-state index is 10.9. The number of anilines is 1. The maximum absolute atomic E-state index is 10.9. The molecule has 2 heterocycles. The van der Waals surface area contributed by atoms with Crippen LogP contribution in [0, 0.1) is 5.92 Å². The third-order valence-corrected chi connectivity index (χ3v) is 3.41. The fourth-order valence-electron chi connectivity index (χ4n) is 2.14. The fourth-order valence-corrected chi connectivity index (χ4v) is 2.35. The van der Waals surface area contributed by atoms with Crippen LogP contribution in [-0.2, 0) is 0 Å². The summed E-state index contributed by atoms with van der Waals surface area (Å²) in [5.74, 6) is 0.372. The predicted molar refractivity (Wildman–Crippen MR) is 66.8 cm³/mol. The van der Waals surface area contributed by atoms with Gasteiger partial charge in [-0.2, -0.15) is 0 Å². The molecule has 1 atom stereocenters. The van der Waals surface area contributed by atoms with Crippen molar-refractivity contribution in [2.75, 3.05) is 18.0 Å². The summed E-state index contributed by atoms with van der Waals surface area (Å²) in [5, 5.41) is 9.21. The van der Waals surface area contributed by atoms with Crippen molar-refractivity contribution < 1.29 is 9.90 Å². The summed E-state index contributed by atoms with van der Waals surface area (Å²) in [5.41, 5.74) is 0.194. The van der Waals surface area contributed by atoms with Crippen molar-refractivity contribution in [3.05, 3.63) is 22.8 Å². The average molecular weight is 255 g/mol. The van der Waals surface area contributed by atoms with E-state index in [2.05, 4.69) is 16.8 Å². The molecule has 1 aromatic rings. The summed E-state index contributed by atoms with van der Waals surface area (Å²) in [7, 11) is 0. The van der Waals surface area contributed by atoms with Gasteiger partial charge in [-0.1, -0.05) is 24.9 Å². The molecular weight excluding hydrogens is 240 g/mol. The van der Waals surface area contributed by atoms with Crippen molar-refractivity contribution in [3.63, 3.8) is 0 Å². The summed E-state index contributed by atoms with van der Waals surface area (Å²) in [6, 6.07) is 2.97. The number of hydrogen-bond donors (Lipinski definition) is 1. The van der Waals surface area contributed by atoms with Crippen molar-refractivity contribution in [2.24, 2.45) is 5.92 Å². The van der Waals surface area contributed by atoms with Gasteiger partial charge in [0.05, 0.1) is 5.56 Å². The Hall–Kier alpha value is -1.29. The molecule has 1 unspecified atom stereocenters. The topological polar surface area (TPSA) is 53.4 Å². The Kier molecular flexibility index (Phi) is 3.52. The van der Waals surface area contributed by atoms with Crippen LogP contribution in [0.15, 0.2) is 12.1 Å². The van der Waals surface area contributed by atoms with Gasteiger partial charge in [0.15, 0.2) is 0 Å². The number of halogens is 1. The molecule has 1 aromatic heterocycles. The summed E-state index contributed by atoms with van der Waals surface area (Å²) in [6.45, 7) is 4.02. The average Bonchev–Trinajstić information content (AvgIpc) is 2.76. The number of carboxylic acid groups (broad SMARTS) is 1. The number of aromatic nitrogens is 1. The minimum Gasteiger partial charge on any atom is -0.478 e. The fraction of sp³-hybridized carbons (Fsp3) is 0.500. The third-order valence-electron chi connectivity index (χ3n) is 3.21. The van der Waals surface area contributed by atoms with Gasteiger partial charge in [-0.25, -0.2) is 9.78 Å². The molecule has 0 aromatic carbocycles. The van der Waals surface area contributed by atoms with E-state index in [0.717, 1.165) is 25.9 Å². The standard InChI is InChI=1S/C12H15ClN2O2/c1-2-8-3-4-15(7-8)11-6-9(12(16)17)5-10(13)14-11/h5-6,8H,2-4,7H2,1H3,(H,16,17). The Labute approximate surface area is 105 Å². The molecule has 0 bridgehead atoms. The van der Waals surface area contributed by atoms with Crippen LogP contribution in [0.3, 0.4) is 0 Å². The Bertz CT molecular complexity index is 437. The lowest BCUT2D eigenvalue weighted by Gasteiger charge is -2.17. The number of carbonyl (C=O) groups is 1. The predicted octanol–water partition coefficient (Wildman–Crippen LogP) is 2.67. The molecule has 0 aliphatic carbocycles. The van der Waals surface area contributed by atoms with Gasteiger partial charge >= 0.3 is 5.97 Å². The largest absolute Gasteiger partial charge is 0.478 e. The Balaban J connectivity index is 2.24. The highest BCUT2D eigenvalue weighted by molar-refractivity contribution is 6.29. The lowest BCUT2D eigenvalue weighted by molar-refractivity contribution is 0.0697. The molecule has 2 rings (SSSR count). The minimum absolute atomic E-state index is 0.194. The van der Waals surface area contributed by atoms with E-state index in [4.69, 9.17) is 16.7 Å². The normalized spacial score (nSPS) is 19.6. The minimum atomic E-state index is -0.971. The highest BCUT2D eigenvalue weighted by atomic mass is 35.5. The SMILES string of the molecule is CCC1CCN(c2cc(C(=O)O)cc(Cl)n2)C1. The van der Waals surface area contributed by atoms with Crippen LogP contribution < -0.4 is 4.90 Å². The molecule has 0 saturated carbocycles. The van der Waals surface area contributed by atoms with Gasteiger partial charge in [-0.15, -0.1) is 0 Å². The van der Waals surface area contributed by atoms with Crippen molar-refractivity contribution >= 4 is 23.4 Å². The molecule has 5 heteroatoms.